The van der Waals surface area contributed by atoms with Gasteiger partial charge in [0, 0.05) is 15.5 Å². The van der Waals surface area contributed by atoms with Gasteiger partial charge in [-0.1, -0.05) is 0 Å². The molecule has 0 unspecified atom stereocenters. The van der Waals surface area contributed by atoms with Crippen molar-refractivity contribution in [1.82, 2.24) is 0 Å². The molecule has 4 radical (unpaired) electrons. The van der Waals surface area contributed by atoms with Gasteiger partial charge in [-0.15, -0.1) is 0 Å². The molecule has 0 aromatic heterocycles. The summed E-state index contributed by atoms with van der Waals surface area (Å²) in [5.74, 6) is 0. The molecule has 0 fully saturated rings. The summed E-state index contributed by atoms with van der Waals surface area (Å²) in [4.78, 5) is 0. The number of hydrogen-bond donors (Lipinski definition) is 0. The first-order valence-electron chi connectivity index (χ1n) is 0.537. The third-order valence-electron chi connectivity index (χ3n) is 0. The Morgan fingerprint density at radius 3 is 1.25 bits per heavy atom. The van der Waals surface area contributed by atoms with Gasteiger partial charge in [0.15, 0.2) is 0 Å². The Morgan fingerprint density at radius 2 is 1.25 bits per heavy atom. The molecular weight excluding hydrogens is 49.6 g/mol. The first kappa shape index (κ1) is 9.12. The molecule has 0 atom stereocenters. The molecule has 16 valence electrons. The van der Waals surface area contributed by atoms with E-state index in [1.165, 1.54) is 0 Å². The van der Waals surface area contributed by atoms with Crippen LogP contribution in [-0.4, -0.2) is 15.5 Å². The second-order valence-electron chi connectivity index (χ2n) is 0. The Bertz CT molecular complexity index is 10.8. The fourth-order valence-corrected chi connectivity index (χ4v) is 0. The van der Waals surface area contributed by atoms with Crippen LogP contribution in [0.4, 0.5) is 0 Å². The summed E-state index contributed by atoms with van der Waals surface area (Å²) in [5, 5.41) is 0. The molecule has 0 aromatic rings. The van der Waals surface area contributed by atoms with E-state index in [0.29, 0.717) is 0 Å². The van der Waals surface area contributed by atoms with Gasteiger partial charge in [-0.25, -0.2) is 0 Å². The normalized spacial score (nSPS) is 1.50. The Balaban J connectivity index is 0. The molecule has 0 N–H and O–H groups in total. The second-order valence-corrected chi connectivity index (χ2v) is 0. The Kier molecular flexibility index (Phi) is 1350. The van der Waals surface area contributed by atoms with Crippen LogP contribution in [0.5, 0.6) is 0 Å². The van der Waals surface area contributed by atoms with Crippen molar-refractivity contribution in [3.63, 3.8) is 0 Å². The molecule has 0 aliphatic rings. The van der Waals surface area contributed by atoms with Gasteiger partial charge in [-0.3, -0.25) is 0 Å². The van der Waals surface area contributed by atoms with E-state index in [1.807, 2.05) is 0 Å². The van der Waals surface area contributed by atoms with Crippen LogP contribution in [0.3, 0.4) is 0 Å². The third kappa shape index (κ3) is 83.6. The van der Waals surface area contributed by atoms with Crippen LogP contribution >= 0.6 is 0 Å². The predicted octanol–water partition coefficient (Wildman–Crippen LogP) is -0.799. The Morgan fingerprint density at radius 1 is 1.25 bits per heavy atom. The summed E-state index contributed by atoms with van der Waals surface area (Å²) >= 11 is 0. The fourth-order valence-electron chi connectivity index (χ4n) is 0. The molecule has 0 spiro atoms. The summed E-state index contributed by atoms with van der Waals surface area (Å²) < 4.78 is 7.50. The van der Waals surface area contributed by atoms with E-state index >= 15 is 0 Å². The van der Waals surface area contributed by atoms with E-state index in [2.05, 4.69) is 22.1 Å². The summed E-state index contributed by atoms with van der Waals surface area (Å²) in [7, 11) is 8.00. The molecule has 4 heavy (non-hydrogen) atoms. The summed E-state index contributed by atoms with van der Waals surface area (Å²) in [5.41, 5.74) is 0. The zero-order valence-corrected chi connectivity index (χ0v) is 2.06. The summed E-state index contributed by atoms with van der Waals surface area (Å²) in [6, 6.07) is 0. The molecule has 0 heterocycles. The molecule has 0 saturated heterocycles. The van der Waals surface area contributed by atoms with Crippen molar-refractivity contribution in [3.8, 4) is 0 Å². The second kappa shape index (κ2) is 593. The third-order valence-corrected chi connectivity index (χ3v) is 0. The average Bonchev–Trinajstić information content (AvgIpc) is 1.50. The number of hydrogen-bond acceptors (Lipinski definition) is 0. The van der Waals surface area contributed by atoms with Crippen LogP contribution in [-0.2, 0) is 4.65 Å². The predicted molar refractivity (Wildman–Crippen MR) is 15.4 cm³/mol. The van der Waals surface area contributed by atoms with Gasteiger partial charge < -0.3 is 0 Å². The van der Waals surface area contributed by atoms with E-state index in [1.54, 1.807) is 0 Å². The maximum absolute atomic E-state index is 7.50. The van der Waals surface area contributed by atoms with Crippen molar-refractivity contribution in [1.29, 1.82) is 0 Å². The van der Waals surface area contributed by atoms with E-state index in [9.17, 15) is 0 Å². The van der Waals surface area contributed by atoms with Crippen LogP contribution < -0.4 is 0 Å². The molecule has 3 heteroatoms. The monoisotopic (exact) mass is 50.0 g/mol. The van der Waals surface area contributed by atoms with Crippen LogP contribution in [0.1, 0.15) is 0 Å². The van der Waals surface area contributed by atoms with Gasteiger partial charge >= 0.3 is 11.3 Å². The molecule has 0 amide bonds. The fraction of sp³-hybridized carbons (Fsp3) is 0. The molecule has 1 nitrogen and oxygen atoms in total. The topological polar surface area (TPSA) is 19.9 Å². The van der Waals surface area contributed by atoms with Gasteiger partial charge in [-0.05, 0) is 0 Å². The SMILES string of the molecule is [B][B].[C-]#[O+]. The summed E-state index contributed by atoms with van der Waals surface area (Å²) in [6.07, 6.45) is 0. The van der Waals surface area contributed by atoms with E-state index in [4.69, 9.17) is 4.65 Å². The molecule has 0 rings (SSSR count). The van der Waals surface area contributed by atoms with E-state index < -0.39 is 0 Å². The molecule has 0 bridgehead atoms. The van der Waals surface area contributed by atoms with Gasteiger partial charge in [0.25, 0.3) is 0 Å². The van der Waals surface area contributed by atoms with Gasteiger partial charge in [0.1, 0.15) is 0 Å². The van der Waals surface area contributed by atoms with Crippen LogP contribution in [0.15, 0.2) is 0 Å². The van der Waals surface area contributed by atoms with Crippen LogP contribution in [0, 0.1) is 6.65 Å². The molecule has 0 aromatic carbocycles. The maximum atomic E-state index is 7.50. The van der Waals surface area contributed by atoms with Crippen LogP contribution in [0.25, 0.3) is 0 Å². The Labute approximate surface area is 27.9 Å². The van der Waals surface area contributed by atoms with Crippen LogP contribution in [0.2, 0.25) is 0 Å². The van der Waals surface area contributed by atoms with Crippen molar-refractivity contribution in [2.75, 3.05) is 0 Å². The minimum absolute atomic E-state index is 4.00. The van der Waals surface area contributed by atoms with Crippen molar-refractivity contribution >= 4 is 15.5 Å². The minimum atomic E-state index is 4.00. The number of rotatable bonds is 0. The average molecular weight is 49.6 g/mol. The van der Waals surface area contributed by atoms with Crippen molar-refractivity contribution in [2.45, 2.75) is 0 Å². The molecular formula is CB2O. The van der Waals surface area contributed by atoms with Crippen molar-refractivity contribution in [3.05, 3.63) is 6.65 Å². The molecule has 0 saturated carbocycles. The Hall–Kier alpha value is -0.130. The van der Waals surface area contributed by atoms with Crippen molar-refractivity contribution < 1.29 is 4.65 Å². The van der Waals surface area contributed by atoms with E-state index in [0.717, 1.165) is 0 Å². The molecule has 0 aliphatic carbocycles. The quantitative estimate of drug-likeness (QED) is 0.194. The first-order valence-corrected chi connectivity index (χ1v) is 0.537. The van der Waals surface area contributed by atoms with Crippen molar-refractivity contribution in [2.24, 2.45) is 0 Å². The van der Waals surface area contributed by atoms with Gasteiger partial charge in [0.2, 0.25) is 0 Å². The standard InChI is InChI=1S/CO.B2/c2*1-2. The zero-order valence-electron chi connectivity index (χ0n) is 2.06. The van der Waals surface area contributed by atoms with Gasteiger partial charge in [0.05, 0.1) is 0 Å². The zero-order chi connectivity index (χ0) is 4.00. The van der Waals surface area contributed by atoms with Gasteiger partial charge in [-0.2, -0.15) is 0 Å². The van der Waals surface area contributed by atoms with E-state index in [-0.39, 0.29) is 0 Å². The summed E-state index contributed by atoms with van der Waals surface area (Å²) in [6.45, 7) is 4.50. The first-order chi connectivity index (χ1) is 2.00. The molecule has 0 aliphatic heterocycles.